The molecule has 0 spiro atoms. The van der Waals surface area contributed by atoms with Crippen molar-refractivity contribution in [1.29, 1.82) is 0 Å². The molecule has 27 heavy (non-hydrogen) atoms. The van der Waals surface area contributed by atoms with Crippen LogP contribution in [-0.2, 0) is 4.79 Å². The van der Waals surface area contributed by atoms with Crippen molar-refractivity contribution in [2.24, 2.45) is 5.10 Å². The van der Waals surface area contributed by atoms with Crippen LogP contribution in [0.1, 0.15) is 30.0 Å². The van der Waals surface area contributed by atoms with E-state index in [9.17, 15) is 4.79 Å². The van der Waals surface area contributed by atoms with Crippen molar-refractivity contribution >= 4 is 28.6 Å². The second kappa shape index (κ2) is 8.49. The molecule has 0 saturated heterocycles. The third-order valence-electron chi connectivity index (χ3n) is 4.64. The van der Waals surface area contributed by atoms with Crippen molar-refractivity contribution in [2.75, 3.05) is 5.32 Å². The molecule has 0 aliphatic carbocycles. The van der Waals surface area contributed by atoms with Crippen molar-refractivity contribution < 1.29 is 4.79 Å². The van der Waals surface area contributed by atoms with Crippen LogP contribution in [0.3, 0.4) is 0 Å². The van der Waals surface area contributed by atoms with E-state index in [0.717, 1.165) is 27.6 Å². The summed E-state index contributed by atoms with van der Waals surface area (Å²) < 4.78 is 0. The van der Waals surface area contributed by atoms with Crippen LogP contribution in [0.4, 0.5) is 5.69 Å². The Kier molecular flexibility index (Phi) is 5.87. The number of nitrogens with zero attached hydrogens (tertiary/aromatic N) is 1. The molecule has 0 fully saturated rings. The third kappa shape index (κ3) is 4.53. The molecule has 0 radical (unpaired) electrons. The molecule has 138 valence electrons. The highest BCUT2D eigenvalue weighted by Gasteiger charge is 2.16. The van der Waals surface area contributed by atoms with Gasteiger partial charge in [0.25, 0.3) is 5.91 Å². The van der Waals surface area contributed by atoms with Gasteiger partial charge in [0.15, 0.2) is 0 Å². The molecule has 3 aromatic rings. The summed E-state index contributed by atoms with van der Waals surface area (Å²) in [6.45, 7) is 6.08. The Bertz CT molecular complexity index is 973. The summed E-state index contributed by atoms with van der Waals surface area (Å²) in [5, 5.41) is 9.75. The number of fused-ring (bicyclic) bond motifs is 1. The van der Waals surface area contributed by atoms with Crippen LogP contribution in [0.25, 0.3) is 10.8 Å². The molecule has 0 heterocycles. The Balaban J connectivity index is 1.68. The number of carbonyl (C=O) groups is 1. The zero-order valence-corrected chi connectivity index (χ0v) is 16.0. The fraction of sp³-hybridized carbons (Fsp3) is 0.217. The van der Waals surface area contributed by atoms with Gasteiger partial charge in [-0.1, -0.05) is 67.1 Å². The van der Waals surface area contributed by atoms with Gasteiger partial charge in [-0.25, -0.2) is 5.43 Å². The first-order valence-corrected chi connectivity index (χ1v) is 9.23. The fourth-order valence-electron chi connectivity index (χ4n) is 3.12. The van der Waals surface area contributed by atoms with Crippen molar-refractivity contribution in [3.63, 3.8) is 0 Å². The van der Waals surface area contributed by atoms with E-state index < -0.39 is 0 Å². The summed E-state index contributed by atoms with van der Waals surface area (Å²) in [6, 6.07) is 20.0. The number of carbonyl (C=O) groups excluding carboxylic acids is 1. The number of rotatable bonds is 6. The van der Waals surface area contributed by atoms with Gasteiger partial charge in [-0.2, -0.15) is 5.10 Å². The van der Waals surface area contributed by atoms with Gasteiger partial charge in [-0.3, -0.25) is 4.79 Å². The molecular formula is C23H25N3O. The topological polar surface area (TPSA) is 53.5 Å². The van der Waals surface area contributed by atoms with E-state index >= 15 is 0 Å². The molecule has 3 rings (SSSR count). The molecular weight excluding hydrogens is 334 g/mol. The number of amides is 1. The maximum Gasteiger partial charge on any atom is 0.262 e. The maximum atomic E-state index is 12.5. The van der Waals surface area contributed by atoms with E-state index in [1.54, 1.807) is 6.21 Å². The molecule has 0 bridgehead atoms. The molecule has 0 saturated carbocycles. The van der Waals surface area contributed by atoms with Crippen LogP contribution in [-0.4, -0.2) is 18.2 Å². The van der Waals surface area contributed by atoms with Gasteiger partial charge in [0.2, 0.25) is 0 Å². The summed E-state index contributed by atoms with van der Waals surface area (Å²) in [7, 11) is 0. The fourth-order valence-corrected chi connectivity index (χ4v) is 3.12. The Hall–Kier alpha value is -3.14. The predicted molar refractivity (Wildman–Crippen MR) is 113 cm³/mol. The second-order valence-electron chi connectivity index (χ2n) is 6.73. The Morgan fingerprint density at radius 1 is 1.07 bits per heavy atom. The van der Waals surface area contributed by atoms with Gasteiger partial charge in [0.1, 0.15) is 6.04 Å². The molecule has 3 aromatic carbocycles. The van der Waals surface area contributed by atoms with Crippen molar-refractivity contribution in [3.8, 4) is 0 Å². The second-order valence-corrected chi connectivity index (χ2v) is 6.73. The monoisotopic (exact) mass is 359 g/mol. The van der Waals surface area contributed by atoms with Crippen LogP contribution >= 0.6 is 0 Å². The summed E-state index contributed by atoms with van der Waals surface area (Å²) in [4.78, 5) is 12.5. The number of hydrazone groups is 1. The summed E-state index contributed by atoms with van der Waals surface area (Å²) in [5.74, 6) is -0.144. The summed E-state index contributed by atoms with van der Waals surface area (Å²) >= 11 is 0. The van der Waals surface area contributed by atoms with Crippen LogP contribution in [0, 0.1) is 13.8 Å². The lowest BCUT2D eigenvalue weighted by molar-refractivity contribution is -0.121. The number of nitrogens with one attached hydrogen (secondary N) is 2. The van der Waals surface area contributed by atoms with Gasteiger partial charge >= 0.3 is 0 Å². The Morgan fingerprint density at radius 2 is 1.85 bits per heavy atom. The lowest BCUT2D eigenvalue weighted by atomic mass is 10.1. The Morgan fingerprint density at radius 3 is 2.63 bits per heavy atom. The summed E-state index contributed by atoms with van der Waals surface area (Å²) in [5.41, 5.74) is 6.94. The standard InChI is InChI=1S/C23H25N3O/c1-4-21(25-22-13-12-16(2)14-17(22)3)23(27)26-24-15-19-10-7-9-18-8-5-6-11-20(18)19/h5-15,21,25H,4H2,1-3H3,(H,26,27)/b24-15+. The lowest BCUT2D eigenvalue weighted by Gasteiger charge is -2.18. The average Bonchev–Trinajstić information content (AvgIpc) is 2.67. The highest BCUT2D eigenvalue weighted by Crippen LogP contribution is 2.18. The SMILES string of the molecule is CCC(Nc1ccc(C)cc1C)C(=O)N/N=C/c1cccc2ccccc12. The van der Waals surface area contributed by atoms with Gasteiger partial charge in [0.05, 0.1) is 6.21 Å². The molecule has 0 aliphatic rings. The zero-order valence-electron chi connectivity index (χ0n) is 16.0. The van der Waals surface area contributed by atoms with E-state index in [1.807, 2.05) is 50.2 Å². The van der Waals surface area contributed by atoms with Crippen LogP contribution in [0.2, 0.25) is 0 Å². The minimum atomic E-state index is -0.337. The quantitative estimate of drug-likeness (QED) is 0.491. The van der Waals surface area contributed by atoms with Gasteiger partial charge in [-0.05, 0) is 42.7 Å². The van der Waals surface area contributed by atoms with Gasteiger partial charge in [0, 0.05) is 11.3 Å². The van der Waals surface area contributed by atoms with Gasteiger partial charge < -0.3 is 5.32 Å². The first-order chi connectivity index (χ1) is 13.1. The number of benzene rings is 3. The molecule has 2 N–H and O–H groups in total. The highest BCUT2D eigenvalue weighted by atomic mass is 16.2. The third-order valence-corrected chi connectivity index (χ3v) is 4.64. The summed E-state index contributed by atoms with van der Waals surface area (Å²) in [6.07, 6.45) is 2.37. The lowest BCUT2D eigenvalue weighted by Crippen LogP contribution is -2.37. The normalized spacial score (nSPS) is 12.3. The molecule has 4 nitrogen and oxygen atoms in total. The zero-order chi connectivity index (χ0) is 19.2. The van der Waals surface area contributed by atoms with Crippen molar-refractivity contribution in [1.82, 2.24) is 5.43 Å². The van der Waals surface area contributed by atoms with Crippen molar-refractivity contribution in [3.05, 3.63) is 77.4 Å². The number of anilines is 1. The maximum absolute atomic E-state index is 12.5. The first kappa shape index (κ1) is 18.6. The van der Waals surface area contributed by atoms with E-state index in [0.29, 0.717) is 6.42 Å². The molecule has 4 heteroatoms. The van der Waals surface area contributed by atoms with E-state index in [4.69, 9.17) is 0 Å². The molecule has 0 aromatic heterocycles. The minimum absolute atomic E-state index is 0.144. The molecule has 1 atom stereocenters. The first-order valence-electron chi connectivity index (χ1n) is 9.23. The predicted octanol–water partition coefficient (Wildman–Crippen LogP) is 4.80. The van der Waals surface area contributed by atoms with E-state index in [2.05, 4.69) is 47.0 Å². The van der Waals surface area contributed by atoms with E-state index in [-0.39, 0.29) is 11.9 Å². The number of hydrogen-bond donors (Lipinski definition) is 2. The highest BCUT2D eigenvalue weighted by molar-refractivity contribution is 6.00. The van der Waals surface area contributed by atoms with Crippen LogP contribution in [0.15, 0.2) is 65.8 Å². The van der Waals surface area contributed by atoms with E-state index in [1.165, 1.54) is 5.56 Å². The van der Waals surface area contributed by atoms with Crippen LogP contribution in [0.5, 0.6) is 0 Å². The number of hydrogen-bond acceptors (Lipinski definition) is 3. The molecule has 0 aliphatic heterocycles. The largest absolute Gasteiger partial charge is 0.373 e. The Labute approximate surface area is 160 Å². The van der Waals surface area contributed by atoms with Crippen molar-refractivity contribution in [2.45, 2.75) is 33.2 Å². The smallest absolute Gasteiger partial charge is 0.262 e. The number of aryl methyl sites for hydroxylation is 2. The minimum Gasteiger partial charge on any atom is -0.373 e. The van der Waals surface area contributed by atoms with Gasteiger partial charge in [-0.15, -0.1) is 0 Å². The molecule has 1 unspecified atom stereocenters. The van der Waals surface area contributed by atoms with Crippen LogP contribution < -0.4 is 10.7 Å². The average molecular weight is 359 g/mol. The molecule has 1 amide bonds.